The van der Waals surface area contributed by atoms with Crippen molar-refractivity contribution in [2.24, 2.45) is 5.16 Å². The maximum atomic E-state index is 8.68. The summed E-state index contributed by atoms with van der Waals surface area (Å²) >= 11 is 0. The number of imidazole rings is 1. The van der Waals surface area contributed by atoms with Gasteiger partial charge in [0.25, 0.3) is 0 Å². The SMILES string of the molecule is ON=Cc1ccc2c(c1)ncn2-c1cccc(COCc2ccccn2)c1. The van der Waals surface area contributed by atoms with Gasteiger partial charge in [-0.25, -0.2) is 4.98 Å². The van der Waals surface area contributed by atoms with Crippen LogP contribution in [0.4, 0.5) is 0 Å². The van der Waals surface area contributed by atoms with Crippen molar-refractivity contribution in [2.45, 2.75) is 13.2 Å². The number of hydrogen-bond donors (Lipinski definition) is 1. The molecule has 0 aliphatic carbocycles. The quantitative estimate of drug-likeness (QED) is 0.322. The van der Waals surface area contributed by atoms with E-state index in [0.29, 0.717) is 13.2 Å². The van der Waals surface area contributed by atoms with E-state index < -0.39 is 0 Å². The van der Waals surface area contributed by atoms with E-state index >= 15 is 0 Å². The average molecular weight is 358 g/mol. The van der Waals surface area contributed by atoms with Crippen LogP contribution in [-0.2, 0) is 18.0 Å². The van der Waals surface area contributed by atoms with Gasteiger partial charge in [-0.15, -0.1) is 0 Å². The predicted molar refractivity (Wildman–Crippen MR) is 103 cm³/mol. The molecule has 2 aromatic heterocycles. The lowest BCUT2D eigenvalue weighted by atomic mass is 10.2. The van der Waals surface area contributed by atoms with E-state index in [1.54, 1.807) is 12.5 Å². The molecule has 27 heavy (non-hydrogen) atoms. The van der Waals surface area contributed by atoms with Crippen molar-refractivity contribution in [3.05, 3.63) is 90.0 Å². The number of nitrogens with zero attached hydrogens (tertiary/aromatic N) is 4. The summed E-state index contributed by atoms with van der Waals surface area (Å²) in [6, 6.07) is 19.7. The van der Waals surface area contributed by atoms with Crippen LogP contribution >= 0.6 is 0 Å². The number of benzene rings is 2. The molecule has 0 amide bonds. The molecule has 6 heteroatoms. The zero-order valence-electron chi connectivity index (χ0n) is 14.6. The summed E-state index contributed by atoms with van der Waals surface area (Å²) in [6.45, 7) is 0.989. The van der Waals surface area contributed by atoms with E-state index in [1.165, 1.54) is 6.21 Å². The highest BCUT2D eigenvalue weighted by atomic mass is 16.5. The second kappa shape index (κ2) is 7.80. The topological polar surface area (TPSA) is 72.5 Å². The van der Waals surface area contributed by atoms with E-state index in [4.69, 9.17) is 9.94 Å². The summed E-state index contributed by atoms with van der Waals surface area (Å²) < 4.78 is 7.81. The number of rotatable bonds is 6. The zero-order chi connectivity index (χ0) is 18.5. The van der Waals surface area contributed by atoms with Crippen LogP contribution in [0.5, 0.6) is 0 Å². The Kier molecular flexibility index (Phi) is 4.89. The fraction of sp³-hybridized carbons (Fsp3) is 0.0952. The molecule has 0 atom stereocenters. The van der Waals surface area contributed by atoms with E-state index in [0.717, 1.165) is 33.5 Å². The lowest BCUT2D eigenvalue weighted by Gasteiger charge is -2.08. The van der Waals surface area contributed by atoms with Gasteiger partial charge in [0, 0.05) is 11.9 Å². The number of aromatic nitrogens is 3. The van der Waals surface area contributed by atoms with Crippen molar-refractivity contribution in [1.82, 2.24) is 14.5 Å². The molecule has 0 unspecified atom stereocenters. The van der Waals surface area contributed by atoms with Crippen LogP contribution in [0.2, 0.25) is 0 Å². The molecule has 0 saturated heterocycles. The Balaban J connectivity index is 1.53. The molecule has 4 rings (SSSR count). The van der Waals surface area contributed by atoms with E-state index in [2.05, 4.69) is 21.2 Å². The first-order chi connectivity index (χ1) is 13.3. The van der Waals surface area contributed by atoms with Crippen LogP contribution in [0, 0.1) is 0 Å². The molecule has 0 fully saturated rings. The third kappa shape index (κ3) is 3.86. The Morgan fingerprint density at radius 2 is 1.96 bits per heavy atom. The van der Waals surface area contributed by atoms with Gasteiger partial charge in [0.2, 0.25) is 0 Å². The molecule has 0 radical (unpaired) electrons. The summed E-state index contributed by atoms with van der Waals surface area (Å²) in [7, 11) is 0. The van der Waals surface area contributed by atoms with Crippen molar-refractivity contribution in [1.29, 1.82) is 0 Å². The van der Waals surface area contributed by atoms with Crippen LogP contribution < -0.4 is 0 Å². The van der Waals surface area contributed by atoms with Crippen LogP contribution in [0.3, 0.4) is 0 Å². The molecule has 6 nitrogen and oxygen atoms in total. The van der Waals surface area contributed by atoms with Gasteiger partial charge in [0.1, 0.15) is 6.33 Å². The number of pyridine rings is 1. The highest BCUT2D eigenvalue weighted by Crippen LogP contribution is 2.20. The van der Waals surface area contributed by atoms with Gasteiger partial charge >= 0.3 is 0 Å². The fourth-order valence-electron chi connectivity index (χ4n) is 2.94. The summed E-state index contributed by atoms with van der Waals surface area (Å²) in [5.74, 6) is 0. The molecular weight excluding hydrogens is 340 g/mol. The third-order valence-corrected chi connectivity index (χ3v) is 4.21. The third-order valence-electron chi connectivity index (χ3n) is 4.21. The second-order valence-corrected chi connectivity index (χ2v) is 6.09. The fourth-order valence-corrected chi connectivity index (χ4v) is 2.94. The predicted octanol–water partition coefficient (Wildman–Crippen LogP) is 3.95. The molecule has 2 heterocycles. The van der Waals surface area contributed by atoms with Gasteiger partial charge in [0.05, 0.1) is 36.2 Å². The molecular formula is C21H18N4O2. The van der Waals surface area contributed by atoms with Gasteiger partial charge in [-0.2, -0.15) is 0 Å². The molecule has 0 saturated carbocycles. The minimum atomic E-state index is 0.480. The van der Waals surface area contributed by atoms with Crippen molar-refractivity contribution in [2.75, 3.05) is 0 Å². The van der Waals surface area contributed by atoms with E-state index in [9.17, 15) is 0 Å². The minimum absolute atomic E-state index is 0.480. The second-order valence-electron chi connectivity index (χ2n) is 6.09. The zero-order valence-corrected chi connectivity index (χ0v) is 14.6. The maximum Gasteiger partial charge on any atom is 0.100 e. The standard InChI is InChI=1S/C21H18N4O2/c26-24-12-16-7-8-21-20(11-16)23-15-25(21)19-6-3-4-17(10-19)13-27-14-18-5-1-2-9-22-18/h1-12,15,26H,13-14H2. The molecule has 2 aromatic carbocycles. The van der Waals surface area contributed by atoms with E-state index in [1.807, 2.05) is 59.2 Å². The van der Waals surface area contributed by atoms with Crippen LogP contribution in [0.15, 0.2) is 78.3 Å². The van der Waals surface area contributed by atoms with Crippen LogP contribution in [-0.4, -0.2) is 26.0 Å². The first-order valence-corrected chi connectivity index (χ1v) is 8.55. The summed E-state index contributed by atoms with van der Waals surface area (Å²) in [5, 5.41) is 11.7. The average Bonchev–Trinajstić information content (AvgIpc) is 3.13. The van der Waals surface area contributed by atoms with Gasteiger partial charge < -0.3 is 9.94 Å². The Hall–Kier alpha value is -3.51. The first-order valence-electron chi connectivity index (χ1n) is 8.55. The lowest BCUT2D eigenvalue weighted by molar-refractivity contribution is 0.104. The first kappa shape index (κ1) is 16.9. The number of hydrogen-bond acceptors (Lipinski definition) is 5. The normalized spacial score (nSPS) is 11.4. The maximum absolute atomic E-state index is 8.68. The molecule has 4 aromatic rings. The van der Waals surface area contributed by atoms with Crippen LogP contribution in [0.25, 0.3) is 16.7 Å². The van der Waals surface area contributed by atoms with Crippen molar-refractivity contribution >= 4 is 17.2 Å². The number of fused-ring (bicyclic) bond motifs is 1. The highest BCUT2D eigenvalue weighted by Gasteiger charge is 2.06. The van der Waals surface area contributed by atoms with Crippen LogP contribution in [0.1, 0.15) is 16.8 Å². The Bertz CT molecular complexity index is 1070. The molecule has 0 bridgehead atoms. The van der Waals surface area contributed by atoms with E-state index in [-0.39, 0.29) is 0 Å². The van der Waals surface area contributed by atoms with Gasteiger partial charge in [-0.1, -0.05) is 29.4 Å². The van der Waals surface area contributed by atoms with Crippen molar-refractivity contribution in [3.8, 4) is 5.69 Å². The summed E-state index contributed by atoms with van der Waals surface area (Å²) in [5.41, 5.74) is 5.62. The Morgan fingerprint density at radius 3 is 2.81 bits per heavy atom. The summed E-state index contributed by atoms with van der Waals surface area (Å²) in [6.07, 6.45) is 4.94. The summed E-state index contributed by atoms with van der Waals surface area (Å²) in [4.78, 5) is 8.71. The van der Waals surface area contributed by atoms with Gasteiger partial charge in [0.15, 0.2) is 0 Å². The monoisotopic (exact) mass is 358 g/mol. The van der Waals surface area contributed by atoms with Crippen molar-refractivity contribution < 1.29 is 9.94 Å². The van der Waals surface area contributed by atoms with Crippen molar-refractivity contribution in [3.63, 3.8) is 0 Å². The lowest BCUT2D eigenvalue weighted by Crippen LogP contribution is -1.98. The van der Waals surface area contributed by atoms with Gasteiger partial charge in [-0.05, 0) is 47.5 Å². The smallest absolute Gasteiger partial charge is 0.100 e. The number of oxime groups is 1. The molecule has 134 valence electrons. The number of ether oxygens (including phenoxy) is 1. The molecule has 0 aliphatic heterocycles. The molecule has 0 aliphatic rings. The Labute approximate surface area is 156 Å². The van der Waals surface area contributed by atoms with Gasteiger partial charge in [-0.3, -0.25) is 9.55 Å². The Morgan fingerprint density at radius 1 is 1.00 bits per heavy atom. The largest absolute Gasteiger partial charge is 0.411 e. The molecule has 1 N–H and O–H groups in total. The minimum Gasteiger partial charge on any atom is -0.411 e. The highest BCUT2D eigenvalue weighted by molar-refractivity contribution is 5.87. The molecule has 0 spiro atoms.